The summed E-state index contributed by atoms with van der Waals surface area (Å²) in [5.41, 5.74) is 1.26. The highest BCUT2D eigenvalue weighted by Gasteiger charge is 2.28. The molecule has 0 atom stereocenters. The van der Waals surface area contributed by atoms with Gasteiger partial charge in [0.2, 0.25) is 11.2 Å². The van der Waals surface area contributed by atoms with Crippen LogP contribution < -0.4 is 14.7 Å². The Kier molecular flexibility index (Phi) is 10.7. The van der Waals surface area contributed by atoms with E-state index < -0.39 is 0 Å². The maximum atomic E-state index is 12.2. The van der Waals surface area contributed by atoms with Crippen LogP contribution in [0.15, 0.2) is 0 Å². The molecule has 0 N–H and O–H groups in total. The van der Waals surface area contributed by atoms with Crippen LogP contribution in [0.2, 0.25) is 5.28 Å². The second-order valence-corrected chi connectivity index (χ2v) is 10.1. The van der Waals surface area contributed by atoms with Crippen molar-refractivity contribution in [2.24, 2.45) is 0 Å². The molecule has 2 aliphatic heterocycles. The molecule has 216 valence electrons. The molecule has 39 heavy (non-hydrogen) atoms. The Hall–Kier alpha value is -2.54. The predicted molar refractivity (Wildman–Crippen MR) is 150 cm³/mol. The first-order valence-corrected chi connectivity index (χ1v) is 14.0. The van der Waals surface area contributed by atoms with E-state index in [0.29, 0.717) is 54.9 Å². The number of methoxy groups -OCH3 is 3. The van der Waals surface area contributed by atoms with Crippen molar-refractivity contribution in [3.05, 3.63) is 5.28 Å². The second kappa shape index (κ2) is 14.2. The van der Waals surface area contributed by atoms with Crippen molar-refractivity contribution in [3.63, 3.8) is 0 Å². The molecular weight excluding hydrogens is 526 g/mol. The van der Waals surface area contributed by atoms with Crippen LogP contribution in [0.1, 0.15) is 39.0 Å². The normalized spacial score (nSPS) is 17.2. The van der Waals surface area contributed by atoms with Crippen LogP contribution in [0.5, 0.6) is 0 Å². The highest BCUT2D eigenvalue weighted by Crippen LogP contribution is 2.34. The number of halogens is 1. The minimum atomic E-state index is -0.264. The third-order valence-electron chi connectivity index (χ3n) is 7.36. The van der Waals surface area contributed by atoms with E-state index in [-0.39, 0.29) is 29.9 Å². The molecule has 2 aliphatic rings. The van der Waals surface area contributed by atoms with Gasteiger partial charge in [-0.2, -0.15) is 9.97 Å². The molecule has 0 aromatic carbocycles. The lowest BCUT2D eigenvalue weighted by Crippen LogP contribution is -2.39. The maximum absolute atomic E-state index is 12.2. The first-order valence-electron chi connectivity index (χ1n) is 13.7. The summed E-state index contributed by atoms with van der Waals surface area (Å²) >= 11 is 6.49. The van der Waals surface area contributed by atoms with Crippen molar-refractivity contribution in [2.75, 3.05) is 88.5 Å². The number of hydrogen-bond acceptors (Lipinski definition) is 12. The minimum Gasteiger partial charge on any atom is -0.466 e. The van der Waals surface area contributed by atoms with Crippen molar-refractivity contribution in [1.29, 1.82) is 0 Å². The zero-order chi connectivity index (χ0) is 27.8. The summed E-state index contributed by atoms with van der Waals surface area (Å²) < 4.78 is 21.7. The molecule has 0 unspecified atom stereocenters. The summed E-state index contributed by atoms with van der Waals surface area (Å²) in [7, 11) is 5.15. The average molecular weight is 566 g/mol. The summed E-state index contributed by atoms with van der Waals surface area (Å²) in [6, 6.07) is 0. The van der Waals surface area contributed by atoms with Gasteiger partial charge in [-0.15, -0.1) is 0 Å². The number of piperidine rings is 2. The van der Waals surface area contributed by atoms with Gasteiger partial charge in [0.25, 0.3) is 0 Å². The predicted octanol–water partition coefficient (Wildman–Crippen LogP) is 2.71. The zero-order valence-corrected chi connectivity index (χ0v) is 24.2. The fourth-order valence-corrected chi connectivity index (χ4v) is 5.27. The number of rotatable bonds is 12. The second-order valence-electron chi connectivity index (χ2n) is 9.74. The molecule has 2 saturated heterocycles. The van der Waals surface area contributed by atoms with E-state index in [0.717, 1.165) is 51.9 Å². The average Bonchev–Trinajstić information content (AvgIpc) is 2.96. The van der Waals surface area contributed by atoms with Gasteiger partial charge in [-0.25, -0.2) is 9.97 Å². The standard InChI is InChI=1S/C26H40ClN7O5/c1-5-39-20(35)10-15-34(16-17-36-2)26-29-22-21(24(31-26)33-13-8-19(38-4)9-14-33)28-25(27)30-23(22)32-11-6-18(37-3)7-12-32/h18-19H,5-17H2,1-4H3. The summed E-state index contributed by atoms with van der Waals surface area (Å²) in [6.07, 6.45) is 4.17. The lowest BCUT2D eigenvalue weighted by atomic mass is 10.1. The van der Waals surface area contributed by atoms with Crippen molar-refractivity contribution in [2.45, 2.75) is 51.2 Å². The van der Waals surface area contributed by atoms with Gasteiger partial charge in [-0.05, 0) is 44.2 Å². The molecule has 0 saturated carbocycles. The molecule has 2 aromatic heterocycles. The number of carbonyl (C=O) groups is 1. The van der Waals surface area contributed by atoms with Crippen LogP contribution >= 0.6 is 11.6 Å². The van der Waals surface area contributed by atoms with Gasteiger partial charge in [0.1, 0.15) is 11.0 Å². The number of esters is 1. The van der Waals surface area contributed by atoms with Crippen LogP contribution in [0.4, 0.5) is 17.6 Å². The van der Waals surface area contributed by atoms with E-state index >= 15 is 0 Å². The summed E-state index contributed by atoms with van der Waals surface area (Å²) in [5.74, 6) is 1.62. The highest BCUT2D eigenvalue weighted by atomic mass is 35.5. The van der Waals surface area contributed by atoms with Gasteiger partial charge >= 0.3 is 5.97 Å². The van der Waals surface area contributed by atoms with E-state index in [1.807, 2.05) is 4.90 Å². The van der Waals surface area contributed by atoms with Gasteiger partial charge in [0.05, 0.1) is 31.8 Å². The highest BCUT2D eigenvalue weighted by molar-refractivity contribution is 6.29. The van der Waals surface area contributed by atoms with Gasteiger partial charge < -0.3 is 33.6 Å². The molecule has 0 amide bonds. The molecule has 2 fully saturated rings. The number of aromatic nitrogens is 4. The molecule has 4 heterocycles. The van der Waals surface area contributed by atoms with E-state index in [1.54, 1.807) is 28.3 Å². The lowest BCUT2D eigenvalue weighted by Gasteiger charge is -2.34. The lowest BCUT2D eigenvalue weighted by molar-refractivity contribution is -0.142. The number of nitrogens with zero attached hydrogens (tertiary/aromatic N) is 7. The van der Waals surface area contributed by atoms with Gasteiger partial charge in [-0.3, -0.25) is 4.79 Å². The van der Waals surface area contributed by atoms with Gasteiger partial charge in [-0.1, -0.05) is 0 Å². The van der Waals surface area contributed by atoms with Crippen molar-refractivity contribution < 1.29 is 23.7 Å². The molecule has 0 radical (unpaired) electrons. The van der Waals surface area contributed by atoms with E-state index in [9.17, 15) is 4.79 Å². The van der Waals surface area contributed by atoms with E-state index in [1.165, 1.54) is 0 Å². The van der Waals surface area contributed by atoms with Crippen molar-refractivity contribution >= 4 is 46.2 Å². The first-order chi connectivity index (χ1) is 19.0. The first kappa shape index (κ1) is 29.4. The Balaban J connectivity index is 1.78. The van der Waals surface area contributed by atoms with Crippen LogP contribution in [0, 0.1) is 0 Å². The zero-order valence-electron chi connectivity index (χ0n) is 23.4. The Bertz CT molecular complexity index is 1090. The number of anilines is 3. The van der Waals surface area contributed by atoms with E-state index in [4.69, 9.17) is 40.5 Å². The quantitative estimate of drug-likeness (QED) is 0.278. The fourth-order valence-electron chi connectivity index (χ4n) is 5.11. The summed E-state index contributed by atoms with van der Waals surface area (Å²) in [5, 5.41) is 0.161. The number of ether oxygens (including phenoxy) is 4. The SMILES string of the molecule is CCOC(=O)CCN(CCOC)c1nc(N2CCC(OC)CC2)c2nc(Cl)nc(N3CCC(OC)CC3)c2n1. The summed E-state index contributed by atoms with van der Waals surface area (Å²) in [4.78, 5) is 37.8. The molecule has 2 aromatic rings. The fraction of sp³-hybridized carbons (Fsp3) is 0.731. The topological polar surface area (TPSA) is 115 Å². The minimum absolute atomic E-state index is 0.161. The molecular formula is C26H40ClN7O5. The van der Waals surface area contributed by atoms with Crippen LogP contribution in [0.3, 0.4) is 0 Å². The smallest absolute Gasteiger partial charge is 0.307 e. The molecule has 0 bridgehead atoms. The third kappa shape index (κ3) is 7.36. The van der Waals surface area contributed by atoms with Crippen LogP contribution in [-0.4, -0.2) is 112 Å². The molecule has 4 rings (SSSR count). The largest absolute Gasteiger partial charge is 0.466 e. The van der Waals surface area contributed by atoms with Crippen LogP contribution in [0.25, 0.3) is 11.0 Å². The number of fused-ring (bicyclic) bond motifs is 1. The third-order valence-corrected chi connectivity index (χ3v) is 7.53. The maximum Gasteiger partial charge on any atom is 0.307 e. The molecule has 12 nitrogen and oxygen atoms in total. The Labute approximate surface area is 234 Å². The van der Waals surface area contributed by atoms with E-state index in [2.05, 4.69) is 19.8 Å². The molecule has 0 spiro atoms. The van der Waals surface area contributed by atoms with Gasteiger partial charge in [0, 0.05) is 60.6 Å². The molecule has 0 aliphatic carbocycles. The van der Waals surface area contributed by atoms with Gasteiger partial charge in [0.15, 0.2) is 11.6 Å². The summed E-state index contributed by atoms with van der Waals surface area (Å²) in [6.45, 7) is 6.56. The number of carbonyl (C=O) groups excluding carboxylic acids is 1. The number of hydrogen-bond donors (Lipinski definition) is 0. The monoisotopic (exact) mass is 565 g/mol. The van der Waals surface area contributed by atoms with Crippen molar-refractivity contribution in [1.82, 2.24) is 19.9 Å². The Morgan fingerprint density at radius 3 is 1.97 bits per heavy atom. The van der Waals surface area contributed by atoms with Crippen LogP contribution in [-0.2, 0) is 23.7 Å². The van der Waals surface area contributed by atoms with Crippen molar-refractivity contribution in [3.8, 4) is 0 Å². The Morgan fingerprint density at radius 2 is 1.44 bits per heavy atom. The molecule has 13 heteroatoms. The Morgan fingerprint density at radius 1 is 0.872 bits per heavy atom.